The van der Waals surface area contributed by atoms with Crippen molar-refractivity contribution >= 4 is 11.9 Å². The van der Waals surface area contributed by atoms with E-state index in [0.29, 0.717) is 17.7 Å². The van der Waals surface area contributed by atoms with E-state index in [1.54, 1.807) is 12.3 Å². The molecule has 0 fully saturated rings. The monoisotopic (exact) mass is 287 g/mol. The fraction of sp³-hybridized carbons (Fsp3) is 0.250. The number of hydrogen-bond donors (Lipinski definition) is 1. The predicted octanol–water partition coefficient (Wildman–Crippen LogP) is 2.30. The lowest BCUT2D eigenvalue weighted by atomic mass is 9.94. The Labute approximate surface area is 122 Å². The van der Waals surface area contributed by atoms with Crippen molar-refractivity contribution in [1.29, 1.82) is 0 Å². The normalized spacial score (nSPS) is 11.7. The maximum atomic E-state index is 12.0. The molecular formula is C16H17NO4. The Bertz CT molecular complexity index is 618. The molecule has 1 aromatic carbocycles. The molecule has 0 aliphatic rings. The van der Waals surface area contributed by atoms with Crippen molar-refractivity contribution in [2.45, 2.75) is 12.3 Å². The molecule has 110 valence electrons. The number of rotatable bonds is 5. The highest BCUT2D eigenvalue weighted by Gasteiger charge is 2.24. The summed E-state index contributed by atoms with van der Waals surface area (Å²) in [4.78, 5) is 26.3. The number of esters is 2. The highest BCUT2D eigenvalue weighted by molar-refractivity contribution is 5.88. The summed E-state index contributed by atoms with van der Waals surface area (Å²) in [6, 6.07) is 11.3. The second-order valence-corrected chi connectivity index (χ2v) is 4.60. The molecule has 0 amide bonds. The number of carbonyl (C=O) groups excluding carboxylic acids is 2. The van der Waals surface area contributed by atoms with E-state index in [2.05, 4.69) is 9.72 Å². The smallest absolute Gasteiger partial charge is 0.354 e. The molecule has 1 atom stereocenters. The number of nitrogens with one attached hydrogen (secondary N) is 1. The second-order valence-electron chi connectivity index (χ2n) is 4.60. The first-order chi connectivity index (χ1) is 10.2. The minimum atomic E-state index is -0.468. The van der Waals surface area contributed by atoms with E-state index in [-0.39, 0.29) is 5.97 Å². The van der Waals surface area contributed by atoms with Gasteiger partial charge < -0.3 is 14.5 Å². The molecule has 5 nitrogen and oxygen atoms in total. The average molecular weight is 287 g/mol. The van der Waals surface area contributed by atoms with Gasteiger partial charge in [0.25, 0.3) is 0 Å². The van der Waals surface area contributed by atoms with E-state index >= 15 is 0 Å². The Hall–Kier alpha value is -2.56. The van der Waals surface area contributed by atoms with Crippen LogP contribution in [0, 0.1) is 0 Å². The van der Waals surface area contributed by atoms with Crippen LogP contribution in [-0.4, -0.2) is 31.1 Å². The minimum absolute atomic E-state index is 0.314. The van der Waals surface area contributed by atoms with E-state index in [9.17, 15) is 9.59 Å². The fourth-order valence-corrected chi connectivity index (χ4v) is 2.17. The number of H-pyrrole nitrogens is 1. The first kappa shape index (κ1) is 14.8. The molecule has 0 aliphatic carbocycles. The van der Waals surface area contributed by atoms with E-state index in [1.807, 2.05) is 30.3 Å². The number of methoxy groups -OCH3 is 2. The highest BCUT2D eigenvalue weighted by Crippen LogP contribution is 2.23. The van der Waals surface area contributed by atoms with Gasteiger partial charge in [-0.05, 0) is 23.6 Å². The topological polar surface area (TPSA) is 68.4 Å². The third-order valence-corrected chi connectivity index (χ3v) is 3.28. The molecule has 21 heavy (non-hydrogen) atoms. The quantitative estimate of drug-likeness (QED) is 0.857. The van der Waals surface area contributed by atoms with Gasteiger partial charge in [-0.1, -0.05) is 30.3 Å². The van der Waals surface area contributed by atoms with Crippen LogP contribution in [0.3, 0.4) is 0 Å². The lowest BCUT2D eigenvalue weighted by Crippen LogP contribution is -2.16. The van der Waals surface area contributed by atoms with Crippen LogP contribution >= 0.6 is 0 Å². The Kier molecular flexibility index (Phi) is 4.77. The summed E-state index contributed by atoms with van der Waals surface area (Å²) in [5.41, 5.74) is 2.04. The van der Waals surface area contributed by atoms with E-state index in [0.717, 1.165) is 5.56 Å². The molecule has 0 saturated carbocycles. The van der Waals surface area contributed by atoms with Crippen LogP contribution < -0.4 is 0 Å². The molecule has 2 rings (SSSR count). The Balaban J connectivity index is 2.26. The van der Waals surface area contributed by atoms with Crippen LogP contribution in [0.2, 0.25) is 0 Å². The van der Waals surface area contributed by atoms with E-state index in [4.69, 9.17) is 4.74 Å². The van der Waals surface area contributed by atoms with Crippen LogP contribution in [-0.2, 0) is 20.7 Å². The number of aromatic amines is 1. The van der Waals surface area contributed by atoms with E-state index < -0.39 is 11.9 Å². The zero-order chi connectivity index (χ0) is 15.2. The molecule has 0 aliphatic heterocycles. The Morgan fingerprint density at radius 2 is 1.86 bits per heavy atom. The van der Waals surface area contributed by atoms with Gasteiger partial charge in [0, 0.05) is 6.20 Å². The summed E-state index contributed by atoms with van der Waals surface area (Å²) in [5, 5.41) is 0. The summed E-state index contributed by atoms with van der Waals surface area (Å²) < 4.78 is 9.51. The van der Waals surface area contributed by atoms with Crippen LogP contribution in [0.1, 0.15) is 27.5 Å². The summed E-state index contributed by atoms with van der Waals surface area (Å²) in [6.45, 7) is 0. The second kappa shape index (κ2) is 6.74. The van der Waals surface area contributed by atoms with Gasteiger partial charge in [-0.25, -0.2) is 4.79 Å². The molecule has 2 aromatic rings. The number of aromatic nitrogens is 1. The Morgan fingerprint density at radius 3 is 2.48 bits per heavy atom. The minimum Gasteiger partial charge on any atom is -0.469 e. The molecule has 5 heteroatoms. The zero-order valence-corrected chi connectivity index (χ0v) is 12.0. The van der Waals surface area contributed by atoms with Gasteiger partial charge in [0.1, 0.15) is 5.69 Å². The number of hydrogen-bond acceptors (Lipinski definition) is 4. The van der Waals surface area contributed by atoms with Crippen molar-refractivity contribution in [3.8, 4) is 0 Å². The molecule has 1 unspecified atom stereocenters. The van der Waals surface area contributed by atoms with Crippen LogP contribution in [0.25, 0.3) is 0 Å². The number of benzene rings is 1. The SMILES string of the molecule is COC(=O)c1cc(C(Cc2ccccc2)C(=O)OC)c[nH]1. The largest absolute Gasteiger partial charge is 0.469 e. The van der Waals surface area contributed by atoms with Crippen molar-refractivity contribution in [2.75, 3.05) is 14.2 Å². The molecule has 0 saturated heterocycles. The summed E-state index contributed by atoms with van der Waals surface area (Å²) in [5.74, 6) is -1.27. The van der Waals surface area contributed by atoms with Gasteiger partial charge in [0.2, 0.25) is 0 Å². The first-order valence-corrected chi connectivity index (χ1v) is 6.54. The van der Waals surface area contributed by atoms with Crippen LogP contribution in [0.15, 0.2) is 42.6 Å². The lowest BCUT2D eigenvalue weighted by Gasteiger charge is -2.13. The van der Waals surface area contributed by atoms with Gasteiger partial charge >= 0.3 is 11.9 Å². The average Bonchev–Trinajstić information content (AvgIpc) is 3.01. The van der Waals surface area contributed by atoms with Crippen molar-refractivity contribution in [1.82, 2.24) is 4.98 Å². The molecule has 0 spiro atoms. The molecule has 1 aromatic heterocycles. The lowest BCUT2D eigenvalue weighted by molar-refractivity contribution is -0.142. The third-order valence-electron chi connectivity index (χ3n) is 3.28. The van der Waals surface area contributed by atoms with Crippen molar-refractivity contribution in [3.05, 3.63) is 59.4 Å². The van der Waals surface area contributed by atoms with Gasteiger partial charge in [0.05, 0.1) is 20.1 Å². The van der Waals surface area contributed by atoms with Gasteiger partial charge in [-0.2, -0.15) is 0 Å². The number of carbonyl (C=O) groups is 2. The highest BCUT2D eigenvalue weighted by atomic mass is 16.5. The van der Waals surface area contributed by atoms with Crippen LogP contribution in [0.5, 0.6) is 0 Å². The molecule has 0 bridgehead atoms. The molecule has 1 N–H and O–H groups in total. The van der Waals surface area contributed by atoms with Crippen LogP contribution in [0.4, 0.5) is 0 Å². The summed E-state index contributed by atoms with van der Waals surface area (Å²) in [7, 11) is 2.67. The van der Waals surface area contributed by atoms with Gasteiger partial charge in [0.15, 0.2) is 0 Å². The van der Waals surface area contributed by atoms with Crippen molar-refractivity contribution in [2.24, 2.45) is 0 Å². The molecule has 1 heterocycles. The third kappa shape index (κ3) is 3.51. The van der Waals surface area contributed by atoms with Crippen molar-refractivity contribution < 1.29 is 19.1 Å². The molecular weight excluding hydrogens is 270 g/mol. The standard InChI is InChI=1S/C16H17NO4/c1-20-15(18)13(8-11-6-4-3-5-7-11)12-9-14(17-10-12)16(19)21-2/h3-7,9-10,13,17H,8H2,1-2H3. The van der Waals surface area contributed by atoms with Gasteiger partial charge in [-0.15, -0.1) is 0 Å². The maximum absolute atomic E-state index is 12.0. The van der Waals surface area contributed by atoms with E-state index in [1.165, 1.54) is 14.2 Å². The van der Waals surface area contributed by atoms with Gasteiger partial charge in [-0.3, -0.25) is 4.79 Å². The molecule has 0 radical (unpaired) electrons. The number of ether oxygens (including phenoxy) is 2. The maximum Gasteiger partial charge on any atom is 0.354 e. The fourth-order valence-electron chi connectivity index (χ4n) is 2.17. The predicted molar refractivity (Wildman–Crippen MR) is 77.0 cm³/mol. The zero-order valence-electron chi connectivity index (χ0n) is 12.0. The first-order valence-electron chi connectivity index (χ1n) is 6.54. The van der Waals surface area contributed by atoms with Crippen molar-refractivity contribution in [3.63, 3.8) is 0 Å². The Morgan fingerprint density at radius 1 is 1.14 bits per heavy atom. The summed E-state index contributed by atoms with van der Waals surface area (Å²) >= 11 is 0. The summed E-state index contributed by atoms with van der Waals surface area (Å²) in [6.07, 6.45) is 2.14.